The van der Waals surface area contributed by atoms with Crippen molar-refractivity contribution < 1.29 is 13.2 Å². The number of hydrogen-bond donors (Lipinski definition) is 0. The molecule has 0 aliphatic carbocycles. The van der Waals surface area contributed by atoms with Crippen molar-refractivity contribution in [3.05, 3.63) is 83.3 Å². The molecule has 0 unspecified atom stereocenters. The van der Waals surface area contributed by atoms with Crippen LogP contribution in [0, 0.1) is 6.92 Å². The summed E-state index contributed by atoms with van der Waals surface area (Å²) in [5, 5.41) is 0.127. The number of nitrogens with zero attached hydrogens (tertiary/aromatic N) is 2. The number of benzene rings is 2. The molecule has 2 aromatic carbocycles. The zero-order chi connectivity index (χ0) is 19.4. The van der Waals surface area contributed by atoms with Crippen molar-refractivity contribution >= 4 is 38.9 Å². The van der Waals surface area contributed by atoms with Crippen molar-refractivity contribution in [1.82, 2.24) is 4.90 Å². The summed E-state index contributed by atoms with van der Waals surface area (Å²) in [6, 6.07) is 15.8. The van der Waals surface area contributed by atoms with Gasteiger partial charge in [0.15, 0.2) is 5.17 Å². The standard InChI is InChI=1S/C20H18N2O3S2/c1-3-13-22-19(23)18(14-16-7-5-4-6-8-16)26-20(22)21-27(24,25)17-11-9-15(2)10-12-17/h3-12,14H,1,13H2,2H3. The number of thioether (sulfide) groups is 1. The smallest absolute Gasteiger partial charge is 0.282 e. The first-order valence-electron chi connectivity index (χ1n) is 8.20. The van der Waals surface area contributed by atoms with Gasteiger partial charge in [-0.3, -0.25) is 9.69 Å². The average Bonchev–Trinajstić information content (AvgIpc) is 2.91. The maximum Gasteiger partial charge on any atom is 0.284 e. The molecule has 1 aliphatic heterocycles. The first-order valence-corrected chi connectivity index (χ1v) is 10.5. The number of carbonyl (C=O) groups excluding carboxylic acids is 1. The molecule has 138 valence electrons. The van der Waals surface area contributed by atoms with Crippen LogP contribution in [-0.4, -0.2) is 30.9 Å². The number of aryl methyl sites for hydroxylation is 1. The van der Waals surface area contributed by atoms with Crippen LogP contribution in [0.25, 0.3) is 6.08 Å². The third kappa shape index (κ3) is 4.37. The Bertz CT molecular complexity index is 1020. The first kappa shape index (κ1) is 19.1. The predicted octanol–water partition coefficient (Wildman–Crippen LogP) is 3.84. The van der Waals surface area contributed by atoms with E-state index in [2.05, 4.69) is 11.0 Å². The van der Waals surface area contributed by atoms with Crippen molar-refractivity contribution in [3.8, 4) is 0 Å². The van der Waals surface area contributed by atoms with Crippen molar-refractivity contribution in [3.63, 3.8) is 0 Å². The van der Waals surface area contributed by atoms with E-state index in [9.17, 15) is 13.2 Å². The Labute approximate surface area is 163 Å². The Kier molecular flexibility index (Phi) is 5.62. The number of hydrogen-bond acceptors (Lipinski definition) is 4. The molecular formula is C20H18N2O3S2. The maximum atomic E-state index is 12.7. The molecule has 1 saturated heterocycles. The molecule has 3 rings (SSSR count). The maximum absolute atomic E-state index is 12.7. The summed E-state index contributed by atoms with van der Waals surface area (Å²) in [5.41, 5.74) is 1.81. The van der Waals surface area contributed by atoms with Crippen LogP contribution in [0.5, 0.6) is 0 Å². The number of amidine groups is 1. The Morgan fingerprint density at radius 3 is 2.41 bits per heavy atom. The number of amides is 1. The van der Waals surface area contributed by atoms with E-state index in [0.717, 1.165) is 22.9 Å². The Morgan fingerprint density at radius 1 is 1.11 bits per heavy atom. The van der Waals surface area contributed by atoms with E-state index in [4.69, 9.17) is 0 Å². The molecular weight excluding hydrogens is 380 g/mol. The molecule has 1 amide bonds. The van der Waals surface area contributed by atoms with Crippen LogP contribution in [0.1, 0.15) is 11.1 Å². The molecule has 5 nitrogen and oxygen atoms in total. The molecule has 0 bridgehead atoms. The molecule has 0 spiro atoms. The molecule has 0 atom stereocenters. The lowest BCUT2D eigenvalue weighted by Gasteiger charge is -2.12. The van der Waals surface area contributed by atoms with Gasteiger partial charge in [0.1, 0.15) is 0 Å². The molecule has 1 heterocycles. The highest BCUT2D eigenvalue weighted by Crippen LogP contribution is 2.33. The lowest BCUT2D eigenvalue weighted by atomic mass is 10.2. The fourth-order valence-electron chi connectivity index (χ4n) is 2.43. The van der Waals surface area contributed by atoms with Crippen LogP contribution < -0.4 is 0 Å². The Hall–Kier alpha value is -2.64. The van der Waals surface area contributed by atoms with Crippen molar-refractivity contribution in [2.24, 2.45) is 4.40 Å². The van der Waals surface area contributed by atoms with Gasteiger partial charge in [-0.05, 0) is 42.5 Å². The van der Waals surface area contributed by atoms with E-state index in [1.165, 1.54) is 23.1 Å². The summed E-state index contributed by atoms with van der Waals surface area (Å²) in [7, 11) is -3.92. The third-order valence-corrected chi connectivity index (χ3v) is 6.22. The first-order chi connectivity index (χ1) is 12.9. The molecule has 0 saturated carbocycles. The lowest BCUT2D eigenvalue weighted by Crippen LogP contribution is -2.29. The van der Waals surface area contributed by atoms with Gasteiger partial charge >= 0.3 is 0 Å². The molecule has 0 N–H and O–H groups in total. The van der Waals surface area contributed by atoms with E-state index >= 15 is 0 Å². The van der Waals surface area contributed by atoms with Crippen LogP contribution in [-0.2, 0) is 14.8 Å². The number of rotatable bonds is 5. The zero-order valence-electron chi connectivity index (χ0n) is 14.7. The van der Waals surface area contributed by atoms with Gasteiger partial charge in [-0.15, -0.1) is 11.0 Å². The van der Waals surface area contributed by atoms with E-state index in [0.29, 0.717) is 4.91 Å². The summed E-state index contributed by atoms with van der Waals surface area (Å²) in [6.45, 7) is 5.70. The molecule has 1 aliphatic rings. The second kappa shape index (κ2) is 7.94. The monoisotopic (exact) mass is 398 g/mol. The Morgan fingerprint density at radius 2 is 1.78 bits per heavy atom. The topological polar surface area (TPSA) is 66.8 Å². The van der Waals surface area contributed by atoms with Gasteiger partial charge in [-0.1, -0.05) is 54.1 Å². The molecule has 27 heavy (non-hydrogen) atoms. The van der Waals surface area contributed by atoms with Crippen LogP contribution in [0.2, 0.25) is 0 Å². The van der Waals surface area contributed by atoms with Gasteiger partial charge in [0.25, 0.3) is 15.9 Å². The van der Waals surface area contributed by atoms with E-state index < -0.39 is 10.0 Å². The van der Waals surface area contributed by atoms with Gasteiger partial charge < -0.3 is 0 Å². The van der Waals surface area contributed by atoms with Crippen LogP contribution in [0.3, 0.4) is 0 Å². The van der Waals surface area contributed by atoms with E-state index in [1.54, 1.807) is 18.2 Å². The van der Waals surface area contributed by atoms with Gasteiger partial charge in [0, 0.05) is 6.54 Å². The normalized spacial score (nSPS) is 17.7. The highest BCUT2D eigenvalue weighted by molar-refractivity contribution is 8.19. The molecule has 1 fully saturated rings. The molecule has 0 aromatic heterocycles. The van der Waals surface area contributed by atoms with Gasteiger partial charge in [-0.25, -0.2) is 0 Å². The summed E-state index contributed by atoms with van der Waals surface area (Å²) in [6.07, 6.45) is 3.27. The van der Waals surface area contributed by atoms with Gasteiger partial charge in [0.05, 0.1) is 9.80 Å². The minimum atomic E-state index is -3.92. The van der Waals surface area contributed by atoms with Crippen LogP contribution in [0.15, 0.2) is 81.5 Å². The van der Waals surface area contributed by atoms with Crippen molar-refractivity contribution in [1.29, 1.82) is 0 Å². The van der Waals surface area contributed by atoms with Crippen LogP contribution in [0.4, 0.5) is 0 Å². The number of carbonyl (C=O) groups is 1. The summed E-state index contributed by atoms with van der Waals surface area (Å²) in [4.78, 5) is 14.5. The van der Waals surface area contributed by atoms with Crippen molar-refractivity contribution in [2.75, 3.05) is 6.54 Å². The minimum absolute atomic E-state index is 0.0905. The predicted molar refractivity (Wildman–Crippen MR) is 110 cm³/mol. The highest BCUT2D eigenvalue weighted by Gasteiger charge is 2.34. The fourth-order valence-corrected chi connectivity index (χ4v) is 4.62. The Balaban J connectivity index is 1.99. The zero-order valence-corrected chi connectivity index (χ0v) is 16.3. The molecule has 7 heteroatoms. The SMILES string of the molecule is C=CCN1C(=O)C(=Cc2ccccc2)SC1=NS(=O)(=O)c1ccc(C)cc1. The quantitative estimate of drug-likeness (QED) is 0.567. The average molecular weight is 399 g/mol. The second-order valence-corrected chi connectivity index (χ2v) is 8.50. The lowest BCUT2D eigenvalue weighted by molar-refractivity contribution is -0.121. The summed E-state index contributed by atoms with van der Waals surface area (Å²) in [5.74, 6) is -0.290. The second-order valence-electron chi connectivity index (χ2n) is 5.89. The summed E-state index contributed by atoms with van der Waals surface area (Å²) < 4.78 is 29.2. The van der Waals surface area contributed by atoms with Crippen molar-refractivity contribution in [2.45, 2.75) is 11.8 Å². The van der Waals surface area contributed by atoms with E-state index in [1.807, 2.05) is 37.3 Å². The summed E-state index contributed by atoms with van der Waals surface area (Å²) >= 11 is 1.05. The third-order valence-electron chi connectivity index (χ3n) is 3.81. The highest BCUT2D eigenvalue weighted by atomic mass is 32.2. The van der Waals surface area contributed by atoms with Crippen LogP contribution >= 0.6 is 11.8 Å². The molecule has 0 radical (unpaired) electrons. The van der Waals surface area contributed by atoms with Gasteiger partial charge in [-0.2, -0.15) is 8.42 Å². The molecule has 2 aromatic rings. The number of sulfonamides is 1. The van der Waals surface area contributed by atoms with E-state index in [-0.39, 0.29) is 22.5 Å². The fraction of sp³-hybridized carbons (Fsp3) is 0.100. The minimum Gasteiger partial charge on any atom is -0.282 e. The van der Waals surface area contributed by atoms with Gasteiger partial charge in [0.2, 0.25) is 0 Å². The largest absolute Gasteiger partial charge is 0.284 e.